The normalized spacial score (nSPS) is 19.0. The van der Waals surface area contributed by atoms with Crippen LogP contribution < -0.4 is 0 Å². The van der Waals surface area contributed by atoms with E-state index in [0.29, 0.717) is 11.8 Å². The number of pyridine rings is 1. The van der Waals surface area contributed by atoms with Crippen molar-refractivity contribution in [2.45, 2.75) is 39.0 Å². The SMILES string of the molecule is Cc1cc([C@H]2C[C@@H]2c2nc3ccccc3n2C)cc(-n2nc(C)nc2C)n1. The van der Waals surface area contributed by atoms with Crippen LogP contribution in [0.1, 0.15) is 47.0 Å². The summed E-state index contributed by atoms with van der Waals surface area (Å²) in [5, 5.41) is 4.49. The van der Waals surface area contributed by atoms with Crippen molar-refractivity contribution in [3.63, 3.8) is 0 Å². The number of hydrogen-bond acceptors (Lipinski definition) is 4. The van der Waals surface area contributed by atoms with Crippen molar-refractivity contribution in [2.24, 2.45) is 7.05 Å². The molecule has 1 saturated carbocycles. The molecule has 5 rings (SSSR count). The molecule has 0 spiro atoms. The Hall–Kier alpha value is -3.02. The average molecular weight is 358 g/mol. The Bertz CT molecular complexity index is 1170. The number of benzene rings is 1. The van der Waals surface area contributed by atoms with E-state index in [-0.39, 0.29) is 0 Å². The molecule has 0 amide bonds. The Morgan fingerprint density at radius 3 is 2.52 bits per heavy atom. The Morgan fingerprint density at radius 1 is 0.963 bits per heavy atom. The van der Waals surface area contributed by atoms with Gasteiger partial charge in [-0.3, -0.25) is 0 Å². The first kappa shape index (κ1) is 16.2. The van der Waals surface area contributed by atoms with Gasteiger partial charge < -0.3 is 4.57 Å². The van der Waals surface area contributed by atoms with Gasteiger partial charge in [-0.1, -0.05) is 12.1 Å². The Kier molecular flexibility index (Phi) is 3.44. The quantitative estimate of drug-likeness (QED) is 0.560. The number of aromatic nitrogens is 6. The van der Waals surface area contributed by atoms with Crippen LogP contribution in [0.4, 0.5) is 0 Å². The molecule has 6 nitrogen and oxygen atoms in total. The molecule has 1 fully saturated rings. The standard InChI is InChI=1S/C21H22N6/c1-12-9-15(10-20(22-12)27-14(3)23-13(2)25-27)16-11-17(16)21-24-18-7-5-6-8-19(18)26(21)4/h5-10,16-17H,11H2,1-4H3/t16-,17+/m1/s1. The molecule has 0 aliphatic heterocycles. The fraction of sp³-hybridized carbons (Fsp3) is 0.333. The molecule has 1 aliphatic carbocycles. The van der Waals surface area contributed by atoms with Gasteiger partial charge in [0.25, 0.3) is 0 Å². The van der Waals surface area contributed by atoms with Crippen LogP contribution in [0, 0.1) is 20.8 Å². The lowest BCUT2D eigenvalue weighted by Gasteiger charge is -2.08. The van der Waals surface area contributed by atoms with Crippen LogP contribution >= 0.6 is 0 Å². The number of rotatable bonds is 3. The van der Waals surface area contributed by atoms with E-state index >= 15 is 0 Å². The first-order valence-electron chi connectivity index (χ1n) is 9.32. The third-order valence-electron chi connectivity index (χ3n) is 5.43. The smallest absolute Gasteiger partial charge is 0.156 e. The van der Waals surface area contributed by atoms with Gasteiger partial charge in [0.1, 0.15) is 17.5 Å². The van der Waals surface area contributed by atoms with Crippen LogP contribution in [0.5, 0.6) is 0 Å². The molecule has 0 N–H and O–H groups in total. The predicted molar refractivity (Wildman–Crippen MR) is 104 cm³/mol. The molecule has 0 saturated heterocycles. The lowest BCUT2D eigenvalue weighted by atomic mass is 10.1. The van der Waals surface area contributed by atoms with Crippen molar-refractivity contribution in [1.82, 2.24) is 29.3 Å². The molecule has 4 aromatic rings. The molecule has 0 unspecified atom stereocenters. The Balaban J connectivity index is 1.51. The summed E-state index contributed by atoms with van der Waals surface area (Å²) in [6.07, 6.45) is 1.12. The maximum Gasteiger partial charge on any atom is 0.156 e. The average Bonchev–Trinajstić information content (AvgIpc) is 3.27. The van der Waals surface area contributed by atoms with Gasteiger partial charge in [-0.2, -0.15) is 4.68 Å². The van der Waals surface area contributed by atoms with E-state index in [1.165, 1.54) is 16.9 Å². The zero-order valence-electron chi connectivity index (χ0n) is 16.0. The van der Waals surface area contributed by atoms with Gasteiger partial charge in [0, 0.05) is 18.7 Å². The molecule has 27 heavy (non-hydrogen) atoms. The summed E-state index contributed by atoms with van der Waals surface area (Å²) < 4.78 is 4.07. The molecular formula is C21H22N6. The maximum absolute atomic E-state index is 4.89. The van der Waals surface area contributed by atoms with Crippen molar-refractivity contribution in [1.29, 1.82) is 0 Å². The van der Waals surface area contributed by atoms with E-state index in [1.54, 1.807) is 0 Å². The van der Waals surface area contributed by atoms with Crippen molar-refractivity contribution in [3.05, 3.63) is 65.1 Å². The minimum atomic E-state index is 0.454. The number of aryl methyl sites for hydroxylation is 4. The van der Waals surface area contributed by atoms with Gasteiger partial charge in [-0.15, -0.1) is 5.10 Å². The number of hydrogen-bond donors (Lipinski definition) is 0. The van der Waals surface area contributed by atoms with Crippen LogP contribution in [-0.4, -0.2) is 29.3 Å². The topological polar surface area (TPSA) is 61.4 Å². The third-order valence-corrected chi connectivity index (χ3v) is 5.43. The summed E-state index contributed by atoms with van der Waals surface area (Å²) in [5.74, 6) is 4.57. The monoisotopic (exact) mass is 358 g/mol. The zero-order chi connectivity index (χ0) is 18.7. The molecule has 2 atom stereocenters. The highest BCUT2D eigenvalue weighted by Crippen LogP contribution is 2.54. The summed E-state index contributed by atoms with van der Waals surface area (Å²) >= 11 is 0. The van der Waals surface area contributed by atoms with Gasteiger partial charge in [0.2, 0.25) is 0 Å². The molecular weight excluding hydrogens is 336 g/mol. The summed E-state index contributed by atoms with van der Waals surface area (Å²) in [6, 6.07) is 12.7. The third kappa shape index (κ3) is 2.63. The second kappa shape index (κ2) is 5.74. The van der Waals surface area contributed by atoms with Crippen LogP contribution in [0.15, 0.2) is 36.4 Å². The summed E-state index contributed by atoms with van der Waals surface area (Å²) in [4.78, 5) is 14.0. The summed E-state index contributed by atoms with van der Waals surface area (Å²) in [7, 11) is 2.12. The van der Waals surface area contributed by atoms with Gasteiger partial charge in [-0.05, 0) is 62.9 Å². The lowest BCUT2D eigenvalue weighted by Crippen LogP contribution is -2.05. The fourth-order valence-corrected chi connectivity index (χ4v) is 4.08. The van der Waals surface area contributed by atoms with Gasteiger partial charge in [0.15, 0.2) is 5.82 Å². The number of para-hydroxylation sites is 2. The number of imidazole rings is 1. The van der Waals surface area contributed by atoms with Crippen LogP contribution in [0.3, 0.4) is 0 Å². The minimum Gasteiger partial charge on any atom is -0.331 e. The van der Waals surface area contributed by atoms with Crippen molar-refractivity contribution >= 4 is 11.0 Å². The first-order valence-corrected chi connectivity index (χ1v) is 9.32. The highest BCUT2D eigenvalue weighted by Gasteiger charge is 2.43. The molecule has 3 aromatic heterocycles. The molecule has 6 heteroatoms. The van der Waals surface area contributed by atoms with E-state index in [0.717, 1.165) is 35.1 Å². The molecule has 0 bridgehead atoms. The Morgan fingerprint density at radius 2 is 1.78 bits per heavy atom. The van der Waals surface area contributed by atoms with E-state index in [2.05, 4.69) is 57.0 Å². The van der Waals surface area contributed by atoms with Crippen molar-refractivity contribution < 1.29 is 0 Å². The summed E-state index contributed by atoms with van der Waals surface area (Å²) in [6.45, 7) is 5.91. The number of nitrogens with zero attached hydrogens (tertiary/aromatic N) is 6. The predicted octanol–water partition coefficient (Wildman–Crippen LogP) is 3.75. The largest absolute Gasteiger partial charge is 0.331 e. The van der Waals surface area contributed by atoms with Gasteiger partial charge in [0.05, 0.1) is 11.0 Å². The van der Waals surface area contributed by atoms with E-state index in [1.807, 2.05) is 31.5 Å². The molecule has 136 valence electrons. The van der Waals surface area contributed by atoms with Crippen molar-refractivity contribution in [2.75, 3.05) is 0 Å². The van der Waals surface area contributed by atoms with Crippen molar-refractivity contribution in [3.8, 4) is 5.82 Å². The van der Waals surface area contributed by atoms with Crippen LogP contribution in [0.2, 0.25) is 0 Å². The number of fused-ring (bicyclic) bond motifs is 1. The zero-order valence-corrected chi connectivity index (χ0v) is 16.0. The lowest BCUT2D eigenvalue weighted by molar-refractivity contribution is 0.787. The molecule has 1 aliphatic rings. The maximum atomic E-state index is 4.89. The van der Waals surface area contributed by atoms with E-state index in [4.69, 9.17) is 4.98 Å². The minimum absolute atomic E-state index is 0.454. The van der Waals surface area contributed by atoms with Gasteiger partial charge in [-0.25, -0.2) is 15.0 Å². The van der Waals surface area contributed by atoms with Crippen LogP contribution in [0.25, 0.3) is 16.9 Å². The van der Waals surface area contributed by atoms with E-state index < -0.39 is 0 Å². The second-order valence-corrected chi connectivity index (χ2v) is 7.48. The second-order valence-electron chi connectivity index (χ2n) is 7.48. The Labute approximate surface area is 157 Å². The van der Waals surface area contributed by atoms with E-state index in [9.17, 15) is 0 Å². The molecule has 3 heterocycles. The van der Waals surface area contributed by atoms with Crippen LogP contribution in [-0.2, 0) is 7.05 Å². The summed E-state index contributed by atoms with van der Waals surface area (Å²) in [5.41, 5.74) is 4.58. The molecule has 1 aromatic carbocycles. The highest BCUT2D eigenvalue weighted by molar-refractivity contribution is 5.76. The van der Waals surface area contributed by atoms with Gasteiger partial charge >= 0.3 is 0 Å². The first-order chi connectivity index (χ1) is 13.0. The molecule has 0 radical (unpaired) electrons. The fourth-order valence-electron chi connectivity index (χ4n) is 4.08. The highest BCUT2D eigenvalue weighted by atomic mass is 15.4.